The van der Waals surface area contributed by atoms with Crippen LogP contribution in [0, 0.1) is 6.92 Å². The Balaban J connectivity index is 1.83. The molecule has 2 heterocycles. The van der Waals surface area contributed by atoms with Crippen LogP contribution < -0.4 is 10.1 Å². The summed E-state index contributed by atoms with van der Waals surface area (Å²) in [7, 11) is 3.79. The van der Waals surface area contributed by atoms with Crippen molar-refractivity contribution in [3.05, 3.63) is 36.0 Å². The van der Waals surface area contributed by atoms with E-state index in [-0.39, 0.29) is 0 Å². The van der Waals surface area contributed by atoms with Crippen LogP contribution in [-0.2, 0) is 0 Å². The quantitative estimate of drug-likeness (QED) is 0.903. The number of nitrogens with zero attached hydrogens (tertiary/aromatic N) is 4. The lowest BCUT2D eigenvalue weighted by Gasteiger charge is -2.30. The van der Waals surface area contributed by atoms with Crippen molar-refractivity contribution in [1.29, 1.82) is 0 Å². The molecule has 1 aliphatic heterocycles. The molecule has 0 amide bonds. The molecule has 0 unspecified atom stereocenters. The maximum Gasteiger partial charge on any atom is 0.243 e. The topological polar surface area (TPSA) is 63.2 Å². The van der Waals surface area contributed by atoms with E-state index in [2.05, 4.69) is 39.0 Å². The van der Waals surface area contributed by atoms with Crippen molar-refractivity contribution in [3.63, 3.8) is 0 Å². The highest BCUT2D eigenvalue weighted by atomic mass is 16.5. The number of likely N-dealkylation sites (N-methyl/N-ethyl adjacent to an activating group) is 1. The summed E-state index contributed by atoms with van der Waals surface area (Å²) in [6, 6.07) is 6.26. The number of aryl methyl sites for hydroxylation is 1. The molecular weight excluding hydrogens is 314 g/mol. The smallest absolute Gasteiger partial charge is 0.243 e. The Morgan fingerprint density at radius 1 is 1.36 bits per heavy atom. The summed E-state index contributed by atoms with van der Waals surface area (Å²) < 4.78 is 5.50. The zero-order chi connectivity index (χ0) is 17.8. The molecule has 6 heteroatoms. The molecule has 132 valence electrons. The predicted octanol–water partition coefficient (Wildman–Crippen LogP) is 3.00. The Hall–Kier alpha value is -2.47. The van der Waals surface area contributed by atoms with Gasteiger partial charge in [0.05, 0.1) is 12.8 Å². The Morgan fingerprint density at radius 2 is 2.20 bits per heavy atom. The summed E-state index contributed by atoms with van der Waals surface area (Å²) >= 11 is 0. The minimum atomic E-state index is 0.368. The first-order valence-corrected chi connectivity index (χ1v) is 8.58. The molecule has 1 aliphatic rings. The molecule has 6 nitrogen and oxygen atoms in total. The summed E-state index contributed by atoms with van der Waals surface area (Å²) in [5, 5.41) is 12.1. The maximum absolute atomic E-state index is 5.50. The lowest BCUT2D eigenvalue weighted by molar-refractivity contribution is 0.260. The minimum Gasteiger partial charge on any atom is -0.496 e. The zero-order valence-electron chi connectivity index (χ0n) is 15.1. The number of hydrogen-bond donors (Lipinski definition) is 1. The van der Waals surface area contributed by atoms with Crippen molar-refractivity contribution in [3.8, 4) is 17.0 Å². The number of ether oxygens (including phenoxy) is 1. The molecule has 0 aliphatic carbocycles. The maximum atomic E-state index is 5.50. The third kappa shape index (κ3) is 3.96. The van der Waals surface area contributed by atoms with Crippen LogP contribution >= 0.6 is 0 Å². The predicted molar refractivity (Wildman–Crippen MR) is 101 cm³/mol. The monoisotopic (exact) mass is 339 g/mol. The largest absolute Gasteiger partial charge is 0.496 e. The van der Waals surface area contributed by atoms with Gasteiger partial charge in [-0.3, -0.25) is 0 Å². The van der Waals surface area contributed by atoms with E-state index in [0.29, 0.717) is 12.0 Å². The van der Waals surface area contributed by atoms with Crippen molar-refractivity contribution in [1.82, 2.24) is 20.1 Å². The van der Waals surface area contributed by atoms with E-state index in [4.69, 9.17) is 4.74 Å². The lowest BCUT2D eigenvalue weighted by Crippen LogP contribution is -2.40. The van der Waals surface area contributed by atoms with Gasteiger partial charge in [0.25, 0.3) is 0 Å². The standard InChI is InChI=1S/C19H25N5O/c1-5-14-8-9-16(17(11-14)25-4)18-13(2)20-19(23-22-18)21-15-7-6-10-24(3)12-15/h5,8-9,11,15H,1,6-7,10,12H2,2-4H3,(H,20,21,23)/t15-/m1/s1. The molecule has 0 bridgehead atoms. The highest BCUT2D eigenvalue weighted by Gasteiger charge is 2.19. The number of benzene rings is 1. The van der Waals surface area contributed by atoms with Crippen LogP contribution in [0.2, 0.25) is 0 Å². The second-order valence-corrected chi connectivity index (χ2v) is 6.48. The summed E-state index contributed by atoms with van der Waals surface area (Å²) in [4.78, 5) is 6.93. The van der Waals surface area contributed by atoms with Gasteiger partial charge in [0.15, 0.2) is 0 Å². The van der Waals surface area contributed by atoms with Crippen LogP contribution in [-0.4, -0.2) is 53.4 Å². The third-order valence-corrected chi connectivity index (χ3v) is 4.54. The molecule has 1 aromatic carbocycles. The molecule has 1 fully saturated rings. The fraction of sp³-hybridized carbons (Fsp3) is 0.421. The van der Waals surface area contributed by atoms with Gasteiger partial charge in [0.1, 0.15) is 11.4 Å². The van der Waals surface area contributed by atoms with Gasteiger partial charge in [-0.15, -0.1) is 10.2 Å². The van der Waals surface area contributed by atoms with Gasteiger partial charge >= 0.3 is 0 Å². The molecule has 1 N–H and O–H groups in total. The molecule has 3 rings (SSSR count). The number of hydrogen-bond acceptors (Lipinski definition) is 6. The first-order valence-electron chi connectivity index (χ1n) is 8.58. The van der Waals surface area contributed by atoms with Crippen LogP contribution in [0.25, 0.3) is 17.3 Å². The van der Waals surface area contributed by atoms with Crippen LogP contribution in [0.1, 0.15) is 24.1 Å². The van der Waals surface area contributed by atoms with Gasteiger partial charge in [-0.2, -0.15) is 0 Å². The first kappa shape index (κ1) is 17.4. The molecule has 1 saturated heterocycles. The van der Waals surface area contributed by atoms with Crippen molar-refractivity contribution in [2.75, 3.05) is 32.6 Å². The van der Waals surface area contributed by atoms with Gasteiger partial charge in [0, 0.05) is 18.2 Å². The molecule has 0 radical (unpaired) electrons. The molecule has 0 saturated carbocycles. The summed E-state index contributed by atoms with van der Waals surface area (Å²) in [5.41, 5.74) is 3.44. The van der Waals surface area contributed by atoms with E-state index < -0.39 is 0 Å². The fourth-order valence-electron chi connectivity index (χ4n) is 3.21. The van der Waals surface area contributed by atoms with Gasteiger partial charge in [-0.1, -0.05) is 18.7 Å². The molecule has 1 aromatic heterocycles. The SMILES string of the molecule is C=Cc1ccc(-c2nnc(N[C@@H]3CCCN(C)C3)nc2C)c(OC)c1. The number of piperidine rings is 1. The van der Waals surface area contributed by atoms with Gasteiger partial charge in [-0.25, -0.2) is 4.98 Å². The minimum absolute atomic E-state index is 0.368. The molecule has 2 aromatic rings. The summed E-state index contributed by atoms with van der Waals surface area (Å²) in [6.07, 6.45) is 4.11. The fourth-order valence-corrected chi connectivity index (χ4v) is 3.21. The Bertz CT molecular complexity index is 761. The molecule has 0 spiro atoms. The van der Waals surface area contributed by atoms with Crippen molar-refractivity contribution in [2.24, 2.45) is 0 Å². The van der Waals surface area contributed by atoms with Gasteiger partial charge in [-0.05, 0) is 51.1 Å². The van der Waals surface area contributed by atoms with Crippen LogP contribution in [0.4, 0.5) is 5.95 Å². The number of aromatic nitrogens is 3. The van der Waals surface area contributed by atoms with Crippen molar-refractivity contribution in [2.45, 2.75) is 25.8 Å². The Morgan fingerprint density at radius 3 is 2.88 bits per heavy atom. The molecule has 1 atom stereocenters. The van der Waals surface area contributed by atoms with Crippen LogP contribution in [0.5, 0.6) is 5.75 Å². The van der Waals surface area contributed by atoms with Crippen LogP contribution in [0.3, 0.4) is 0 Å². The van der Waals surface area contributed by atoms with E-state index in [1.807, 2.05) is 25.1 Å². The second-order valence-electron chi connectivity index (χ2n) is 6.48. The van der Waals surface area contributed by atoms with Gasteiger partial charge < -0.3 is 15.0 Å². The number of rotatable bonds is 5. The Kier molecular flexibility index (Phi) is 5.28. The number of nitrogens with one attached hydrogen (secondary N) is 1. The summed E-state index contributed by atoms with van der Waals surface area (Å²) in [6.45, 7) is 7.89. The average Bonchev–Trinajstić information content (AvgIpc) is 2.61. The summed E-state index contributed by atoms with van der Waals surface area (Å²) in [5.74, 6) is 1.33. The second kappa shape index (κ2) is 7.61. The van der Waals surface area contributed by atoms with E-state index in [1.54, 1.807) is 13.2 Å². The average molecular weight is 339 g/mol. The van der Waals surface area contributed by atoms with E-state index >= 15 is 0 Å². The molecular formula is C19H25N5O. The number of methoxy groups -OCH3 is 1. The van der Waals surface area contributed by atoms with E-state index in [9.17, 15) is 0 Å². The first-order chi connectivity index (χ1) is 12.1. The van der Waals surface area contributed by atoms with E-state index in [0.717, 1.165) is 47.8 Å². The zero-order valence-corrected chi connectivity index (χ0v) is 15.1. The van der Waals surface area contributed by atoms with Crippen molar-refractivity contribution < 1.29 is 4.74 Å². The Labute approximate surface area is 148 Å². The number of likely N-dealkylation sites (tertiary alicyclic amines) is 1. The van der Waals surface area contributed by atoms with Crippen molar-refractivity contribution >= 4 is 12.0 Å². The number of anilines is 1. The third-order valence-electron chi connectivity index (χ3n) is 4.54. The highest BCUT2D eigenvalue weighted by molar-refractivity contribution is 5.71. The van der Waals surface area contributed by atoms with Gasteiger partial charge in [0.2, 0.25) is 5.95 Å². The molecule has 25 heavy (non-hydrogen) atoms. The van der Waals surface area contributed by atoms with E-state index in [1.165, 1.54) is 6.42 Å². The highest BCUT2D eigenvalue weighted by Crippen LogP contribution is 2.31. The lowest BCUT2D eigenvalue weighted by atomic mass is 10.1. The van der Waals surface area contributed by atoms with Crippen LogP contribution in [0.15, 0.2) is 24.8 Å². The normalized spacial score (nSPS) is 18.0.